The molecule has 22 heavy (non-hydrogen) atoms. The first-order valence-electron chi connectivity index (χ1n) is 7.65. The van der Waals surface area contributed by atoms with Gasteiger partial charge >= 0.3 is 0 Å². The van der Waals surface area contributed by atoms with E-state index in [0.717, 1.165) is 25.7 Å². The third-order valence-electron chi connectivity index (χ3n) is 4.14. The van der Waals surface area contributed by atoms with Gasteiger partial charge in [-0.3, -0.25) is 14.9 Å². The molecular formula is C15H19N3O4. The predicted octanol–water partition coefficient (Wildman–Crippen LogP) is 3.06. The molecule has 1 aliphatic heterocycles. The second kappa shape index (κ2) is 6.21. The zero-order valence-corrected chi connectivity index (χ0v) is 12.3. The van der Waals surface area contributed by atoms with Gasteiger partial charge in [0, 0.05) is 6.04 Å². The number of rotatable bonds is 3. The highest BCUT2D eigenvalue weighted by Crippen LogP contribution is 2.38. The zero-order valence-electron chi connectivity index (χ0n) is 12.3. The van der Waals surface area contributed by atoms with Crippen LogP contribution in [0.15, 0.2) is 12.1 Å². The van der Waals surface area contributed by atoms with Crippen molar-refractivity contribution < 1.29 is 14.5 Å². The van der Waals surface area contributed by atoms with E-state index < -0.39 is 4.92 Å². The van der Waals surface area contributed by atoms with Gasteiger partial charge < -0.3 is 15.4 Å². The number of nitrogens with one attached hydrogen (secondary N) is 2. The fraction of sp³-hybridized carbons (Fsp3) is 0.533. The van der Waals surface area contributed by atoms with Crippen molar-refractivity contribution in [1.29, 1.82) is 0 Å². The Kier molecular flexibility index (Phi) is 4.13. The van der Waals surface area contributed by atoms with Gasteiger partial charge in [-0.1, -0.05) is 25.7 Å². The molecule has 0 saturated heterocycles. The number of nitro benzene ring substituents is 1. The summed E-state index contributed by atoms with van der Waals surface area (Å²) in [5.41, 5.74) is 0.915. The normalized spacial score (nSPS) is 18.6. The first-order chi connectivity index (χ1) is 10.6. The number of nitrogens with zero attached hydrogens (tertiary/aromatic N) is 1. The molecule has 1 fully saturated rings. The summed E-state index contributed by atoms with van der Waals surface area (Å²) >= 11 is 0. The number of anilines is 2. The average Bonchev–Trinajstić information content (AvgIpc) is 2.75. The monoisotopic (exact) mass is 305 g/mol. The second-order valence-corrected chi connectivity index (χ2v) is 5.79. The van der Waals surface area contributed by atoms with E-state index in [9.17, 15) is 14.9 Å². The van der Waals surface area contributed by atoms with E-state index in [1.165, 1.54) is 18.9 Å². The first kappa shape index (κ1) is 14.6. The van der Waals surface area contributed by atoms with Crippen LogP contribution in [-0.4, -0.2) is 23.5 Å². The summed E-state index contributed by atoms with van der Waals surface area (Å²) in [5.74, 6) is 0.0967. The minimum atomic E-state index is -0.418. The molecule has 0 radical (unpaired) electrons. The van der Waals surface area contributed by atoms with Crippen LogP contribution >= 0.6 is 0 Å². The van der Waals surface area contributed by atoms with E-state index in [4.69, 9.17) is 4.74 Å². The van der Waals surface area contributed by atoms with Crippen LogP contribution in [-0.2, 0) is 4.79 Å². The number of fused-ring (bicyclic) bond motifs is 1. The smallest absolute Gasteiger partial charge is 0.296 e. The van der Waals surface area contributed by atoms with Crippen molar-refractivity contribution in [2.45, 2.75) is 44.6 Å². The van der Waals surface area contributed by atoms with Crippen molar-refractivity contribution in [2.75, 3.05) is 17.2 Å². The predicted molar refractivity (Wildman–Crippen MR) is 82.3 cm³/mol. The lowest BCUT2D eigenvalue weighted by molar-refractivity contribution is -0.384. The fourth-order valence-corrected chi connectivity index (χ4v) is 3.03. The second-order valence-electron chi connectivity index (χ2n) is 5.79. The summed E-state index contributed by atoms with van der Waals surface area (Å²) in [5, 5.41) is 17.3. The maximum atomic E-state index is 11.4. The minimum Gasteiger partial charge on any atom is -0.481 e. The Hall–Kier alpha value is -2.31. The van der Waals surface area contributed by atoms with Crippen LogP contribution in [0.1, 0.15) is 38.5 Å². The van der Waals surface area contributed by atoms with Crippen molar-refractivity contribution in [3.63, 3.8) is 0 Å². The van der Waals surface area contributed by atoms with Crippen LogP contribution in [0.3, 0.4) is 0 Å². The van der Waals surface area contributed by atoms with Crippen molar-refractivity contribution in [2.24, 2.45) is 0 Å². The van der Waals surface area contributed by atoms with E-state index >= 15 is 0 Å². The molecular weight excluding hydrogens is 286 g/mol. The number of hydrogen-bond donors (Lipinski definition) is 2. The van der Waals surface area contributed by atoms with Crippen molar-refractivity contribution in [1.82, 2.24) is 0 Å². The van der Waals surface area contributed by atoms with Gasteiger partial charge in [0.15, 0.2) is 12.4 Å². The van der Waals surface area contributed by atoms with Gasteiger partial charge in [0.05, 0.1) is 16.7 Å². The molecule has 118 valence electrons. The third kappa shape index (κ3) is 3.13. The Bertz CT molecular complexity index is 595. The van der Waals surface area contributed by atoms with E-state index in [1.54, 1.807) is 6.07 Å². The Labute approximate surface area is 128 Å². The van der Waals surface area contributed by atoms with Crippen molar-refractivity contribution in [3.8, 4) is 5.75 Å². The molecule has 2 N–H and O–H groups in total. The highest BCUT2D eigenvalue weighted by molar-refractivity contribution is 5.96. The van der Waals surface area contributed by atoms with Gasteiger partial charge in [0.2, 0.25) is 0 Å². The Balaban J connectivity index is 1.89. The summed E-state index contributed by atoms with van der Waals surface area (Å²) < 4.78 is 5.25. The summed E-state index contributed by atoms with van der Waals surface area (Å²) in [6.45, 7) is -0.112. The molecule has 7 nitrogen and oxygen atoms in total. The van der Waals surface area contributed by atoms with Crippen LogP contribution in [0.5, 0.6) is 5.75 Å². The van der Waals surface area contributed by atoms with Gasteiger partial charge in [-0.2, -0.15) is 0 Å². The van der Waals surface area contributed by atoms with Crippen molar-refractivity contribution in [3.05, 3.63) is 22.2 Å². The topological polar surface area (TPSA) is 93.5 Å². The number of carbonyl (C=O) groups is 1. The van der Waals surface area contributed by atoms with Gasteiger partial charge in [-0.05, 0) is 18.9 Å². The van der Waals surface area contributed by atoms with Gasteiger partial charge in [-0.25, -0.2) is 0 Å². The van der Waals surface area contributed by atoms with Crippen molar-refractivity contribution >= 4 is 23.0 Å². The van der Waals surface area contributed by atoms with Crippen LogP contribution < -0.4 is 15.4 Å². The number of hydrogen-bond acceptors (Lipinski definition) is 5. The molecule has 0 aromatic heterocycles. The van der Waals surface area contributed by atoms with E-state index in [1.807, 2.05) is 0 Å². The molecule has 0 spiro atoms. The highest BCUT2D eigenvalue weighted by Gasteiger charge is 2.25. The summed E-state index contributed by atoms with van der Waals surface area (Å²) in [7, 11) is 0. The maximum absolute atomic E-state index is 11.4. The van der Waals surface area contributed by atoms with Gasteiger partial charge in [0.25, 0.3) is 11.6 Å². The lowest BCUT2D eigenvalue weighted by atomic mass is 10.1. The molecule has 2 aliphatic rings. The highest BCUT2D eigenvalue weighted by atomic mass is 16.6. The van der Waals surface area contributed by atoms with E-state index in [-0.39, 0.29) is 24.2 Å². The molecule has 1 amide bonds. The van der Waals surface area contributed by atoms with Crippen LogP contribution in [0.25, 0.3) is 0 Å². The summed E-state index contributed by atoms with van der Waals surface area (Å²) in [4.78, 5) is 22.3. The molecule has 1 aliphatic carbocycles. The maximum Gasteiger partial charge on any atom is 0.296 e. The molecule has 1 saturated carbocycles. The SMILES string of the molecule is O=C1COc2cc([N+](=O)[O-])c(NC3CCCCCC3)cc2N1. The lowest BCUT2D eigenvalue weighted by Gasteiger charge is -2.21. The minimum absolute atomic E-state index is 0.0147. The first-order valence-corrected chi connectivity index (χ1v) is 7.65. The summed E-state index contributed by atoms with van der Waals surface area (Å²) in [6, 6.07) is 3.22. The molecule has 7 heteroatoms. The lowest BCUT2D eigenvalue weighted by Crippen LogP contribution is -2.26. The molecule has 3 rings (SSSR count). The number of nitro groups is 1. The molecule has 0 bridgehead atoms. The Morgan fingerprint density at radius 2 is 1.95 bits per heavy atom. The van der Waals surface area contributed by atoms with Crippen LogP contribution in [0, 0.1) is 10.1 Å². The van der Waals surface area contributed by atoms with E-state index in [2.05, 4.69) is 10.6 Å². The number of ether oxygens (including phenoxy) is 1. The summed E-state index contributed by atoms with van der Waals surface area (Å²) in [6.07, 6.45) is 6.73. The molecule has 0 atom stereocenters. The average molecular weight is 305 g/mol. The standard InChI is InChI=1S/C15H19N3O4/c19-15-9-22-14-8-13(18(20)21)11(7-12(14)17-15)16-10-5-3-1-2-4-6-10/h7-8,10,16H,1-6,9H2,(H,17,19). The Morgan fingerprint density at radius 1 is 1.23 bits per heavy atom. The fourth-order valence-electron chi connectivity index (χ4n) is 3.03. The number of carbonyl (C=O) groups excluding carboxylic acids is 1. The third-order valence-corrected chi connectivity index (χ3v) is 4.14. The Morgan fingerprint density at radius 3 is 2.64 bits per heavy atom. The molecule has 1 heterocycles. The largest absolute Gasteiger partial charge is 0.481 e. The quantitative estimate of drug-likeness (QED) is 0.508. The molecule has 1 aromatic rings. The van der Waals surface area contributed by atoms with Crippen LogP contribution in [0.4, 0.5) is 17.1 Å². The van der Waals surface area contributed by atoms with Gasteiger partial charge in [0.1, 0.15) is 5.69 Å². The van der Waals surface area contributed by atoms with E-state index in [0.29, 0.717) is 17.1 Å². The number of benzene rings is 1. The molecule has 0 unspecified atom stereocenters. The van der Waals surface area contributed by atoms with Gasteiger partial charge in [-0.15, -0.1) is 0 Å². The molecule has 1 aromatic carbocycles. The number of amides is 1. The zero-order chi connectivity index (χ0) is 15.5. The van der Waals surface area contributed by atoms with Crippen LogP contribution in [0.2, 0.25) is 0 Å².